The molecule has 2 rings (SSSR count). The Morgan fingerprint density at radius 1 is 1.20 bits per heavy atom. The van der Waals surface area contributed by atoms with Gasteiger partial charge in [-0.15, -0.1) is 35.3 Å². The molecule has 144 valence electrons. The lowest BCUT2D eigenvalue weighted by molar-refractivity contribution is 0.280. The monoisotopic (exact) mass is 480 g/mol. The summed E-state index contributed by atoms with van der Waals surface area (Å²) in [5.41, 5.74) is 1.12. The van der Waals surface area contributed by atoms with Gasteiger partial charge in [0.1, 0.15) is 5.01 Å². The summed E-state index contributed by atoms with van der Waals surface area (Å²) in [6.07, 6.45) is 1.26. The third-order valence-electron chi connectivity index (χ3n) is 4.32. The summed E-state index contributed by atoms with van der Waals surface area (Å²) in [7, 11) is 2.21. The molecular formula is C17H33IN6S. The van der Waals surface area contributed by atoms with Crippen molar-refractivity contribution in [2.24, 2.45) is 4.99 Å². The summed E-state index contributed by atoms with van der Waals surface area (Å²) in [6, 6.07) is 0. The highest BCUT2D eigenvalue weighted by molar-refractivity contribution is 14.0. The first-order chi connectivity index (χ1) is 11.6. The average molecular weight is 480 g/mol. The second-order valence-electron chi connectivity index (χ2n) is 6.37. The summed E-state index contributed by atoms with van der Waals surface area (Å²) < 4.78 is 0. The largest absolute Gasteiger partial charge is 0.357 e. The minimum absolute atomic E-state index is 0. The van der Waals surface area contributed by atoms with Crippen LogP contribution in [0.4, 0.5) is 0 Å². The number of rotatable bonds is 6. The maximum Gasteiger partial charge on any atom is 0.191 e. The molecule has 0 spiro atoms. The van der Waals surface area contributed by atoms with Crippen LogP contribution in [-0.2, 0) is 6.54 Å². The third kappa shape index (κ3) is 8.19. The first-order valence-corrected chi connectivity index (χ1v) is 9.76. The molecule has 1 aromatic rings. The van der Waals surface area contributed by atoms with Gasteiger partial charge in [-0.2, -0.15) is 0 Å². The minimum atomic E-state index is 0. The summed E-state index contributed by atoms with van der Waals surface area (Å²) >= 11 is 1.74. The Hall–Kier alpha value is -0.450. The van der Waals surface area contributed by atoms with E-state index in [0.717, 1.165) is 49.4 Å². The fraction of sp³-hybridized carbons (Fsp3) is 0.765. The number of nitrogens with one attached hydrogen (secondary N) is 2. The van der Waals surface area contributed by atoms with Gasteiger partial charge in [-0.3, -0.25) is 0 Å². The van der Waals surface area contributed by atoms with E-state index in [2.05, 4.69) is 58.2 Å². The smallest absolute Gasteiger partial charge is 0.191 e. The van der Waals surface area contributed by atoms with Crippen molar-refractivity contribution in [3.63, 3.8) is 0 Å². The molecule has 8 heteroatoms. The lowest BCUT2D eigenvalue weighted by atomic mass is 10.4. The molecule has 0 radical (unpaired) electrons. The van der Waals surface area contributed by atoms with Crippen LogP contribution in [0.5, 0.6) is 0 Å². The number of halogens is 1. The van der Waals surface area contributed by atoms with Gasteiger partial charge < -0.3 is 20.4 Å². The van der Waals surface area contributed by atoms with Crippen LogP contribution < -0.4 is 10.6 Å². The van der Waals surface area contributed by atoms with Crippen LogP contribution in [0.3, 0.4) is 0 Å². The van der Waals surface area contributed by atoms with E-state index < -0.39 is 0 Å². The topological polar surface area (TPSA) is 55.8 Å². The van der Waals surface area contributed by atoms with Crippen LogP contribution >= 0.6 is 35.3 Å². The van der Waals surface area contributed by atoms with Gasteiger partial charge >= 0.3 is 0 Å². The molecule has 25 heavy (non-hydrogen) atoms. The molecule has 0 aromatic carbocycles. The van der Waals surface area contributed by atoms with Gasteiger partial charge in [0.2, 0.25) is 0 Å². The van der Waals surface area contributed by atoms with Gasteiger partial charge in [0.25, 0.3) is 0 Å². The second kappa shape index (κ2) is 12.0. The van der Waals surface area contributed by atoms with Crippen LogP contribution in [0.15, 0.2) is 4.99 Å². The average Bonchev–Trinajstić information content (AvgIpc) is 2.74. The summed E-state index contributed by atoms with van der Waals surface area (Å²) in [6.45, 7) is 14.5. The molecule has 0 unspecified atom stereocenters. The Labute approximate surface area is 173 Å². The van der Waals surface area contributed by atoms with Crippen molar-refractivity contribution < 1.29 is 0 Å². The number of nitrogens with zero attached hydrogens (tertiary/aromatic N) is 4. The molecule has 0 amide bonds. The zero-order valence-electron chi connectivity index (χ0n) is 16.0. The van der Waals surface area contributed by atoms with Crippen molar-refractivity contribution in [1.29, 1.82) is 0 Å². The van der Waals surface area contributed by atoms with Crippen molar-refractivity contribution in [2.45, 2.75) is 33.7 Å². The van der Waals surface area contributed by atoms with E-state index in [1.54, 1.807) is 11.3 Å². The van der Waals surface area contributed by atoms with Crippen LogP contribution in [0.2, 0.25) is 0 Å². The van der Waals surface area contributed by atoms with E-state index in [1.807, 2.05) is 0 Å². The molecule has 0 aliphatic carbocycles. The molecular weight excluding hydrogens is 447 g/mol. The van der Waals surface area contributed by atoms with Crippen molar-refractivity contribution in [2.75, 3.05) is 52.9 Å². The molecule has 1 aromatic heterocycles. The summed E-state index contributed by atoms with van der Waals surface area (Å²) in [5.74, 6) is 0.884. The number of aryl methyl sites for hydroxylation is 2. The standard InChI is InChI=1S/C17H32N6S.HI/c1-5-18-17(20-13-16-21-14(2)15(3)24-16)19-7-10-23-9-6-8-22(4)11-12-23;/h5-13H2,1-4H3,(H2,18,19,20);1H. The predicted molar refractivity (Wildman–Crippen MR) is 118 cm³/mol. The van der Waals surface area contributed by atoms with E-state index in [-0.39, 0.29) is 24.0 Å². The molecule has 1 aliphatic heterocycles. The highest BCUT2D eigenvalue weighted by Crippen LogP contribution is 2.16. The van der Waals surface area contributed by atoms with Crippen LogP contribution in [-0.4, -0.2) is 73.6 Å². The number of hydrogen-bond donors (Lipinski definition) is 2. The fourth-order valence-electron chi connectivity index (χ4n) is 2.75. The first kappa shape index (κ1) is 22.6. The maximum atomic E-state index is 4.67. The summed E-state index contributed by atoms with van der Waals surface area (Å²) in [4.78, 5) is 15.5. The fourth-order valence-corrected chi connectivity index (χ4v) is 3.61. The number of likely N-dealkylation sites (N-methyl/N-ethyl adjacent to an activating group) is 1. The number of aliphatic imine (C=N–C) groups is 1. The predicted octanol–water partition coefficient (Wildman–Crippen LogP) is 2.07. The molecule has 0 saturated carbocycles. The van der Waals surface area contributed by atoms with Crippen LogP contribution in [0, 0.1) is 13.8 Å². The number of aromatic nitrogens is 1. The van der Waals surface area contributed by atoms with Gasteiger partial charge in [-0.05, 0) is 47.3 Å². The molecule has 6 nitrogen and oxygen atoms in total. The maximum absolute atomic E-state index is 4.67. The molecule has 2 heterocycles. The molecule has 0 atom stereocenters. The lowest BCUT2D eigenvalue weighted by Crippen LogP contribution is -2.42. The van der Waals surface area contributed by atoms with Gasteiger partial charge in [0.15, 0.2) is 5.96 Å². The highest BCUT2D eigenvalue weighted by Gasteiger charge is 2.11. The minimum Gasteiger partial charge on any atom is -0.357 e. The Morgan fingerprint density at radius 3 is 2.68 bits per heavy atom. The van der Waals surface area contributed by atoms with Gasteiger partial charge in [0, 0.05) is 37.6 Å². The number of guanidine groups is 1. The van der Waals surface area contributed by atoms with Crippen molar-refractivity contribution >= 4 is 41.3 Å². The summed E-state index contributed by atoms with van der Waals surface area (Å²) in [5, 5.41) is 7.85. The number of hydrogen-bond acceptors (Lipinski definition) is 5. The second-order valence-corrected chi connectivity index (χ2v) is 7.66. The van der Waals surface area contributed by atoms with Gasteiger partial charge in [0.05, 0.1) is 12.2 Å². The van der Waals surface area contributed by atoms with E-state index in [9.17, 15) is 0 Å². The van der Waals surface area contributed by atoms with E-state index in [1.165, 1.54) is 24.4 Å². The Morgan fingerprint density at radius 2 is 2.00 bits per heavy atom. The van der Waals surface area contributed by atoms with Gasteiger partial charge in [-0.25, -0.2) is 9.98 Å². The Bertz CT molecular complexity index is 514. The van der Waals surface area contributed by atoms with Gasteiger partial charge in [-0.1, -0.05) is 0 Å². The van der Waals surface area contributed by atoms with E-state index in [0.29, 0.717) is 6.54 Å². The third-order valence-corrected chi connectivity index (χ3v) is 5.38. The van der Waals surface area contributed by atoms with Crippen molar-refractivity contribution in [1.82, 2.24) is 25.4 Å². The van der Waals surface area contributed by atoms with Crippen molar-refractivity contribution in [3.8, 4) is 0 Å². The lowest BCUT2D eigenvalue weighted by Gasteiger charge is -2.21. The normalized spacial score (nSPS) is 17.0. The zero-order chi connectivity index (χ0) is 17.4. The first-order valence-electron chi connectivity index (χ1n) is 8.94. The molecule has 1 saturated heterocycles. The molecule has 0 bridgehead atoms. The number of thiazole rings is 1. The molecule has 1 aliphatic rings. The molecule has 2 N–H and O–H groups in total. The van der Waals surface area contributed by atoms with E-state index in [4.69, 9.17) is 0 Å². The SMILES string of the molecule is CCNC(=NCc1nc(C)c(C)s1)NCCN1CCCN(C)CC1.I. The highest BCUT2D eigenvalue weighted by atomic mass is 127. The van der Waals surface area contributed by atoms with Crippen LogP contribution in [0.25, 0.3) is 0 Å². The Kier molecular flexibility index (Phi) is 10.9. The quantitative estimate of drug-likeness (QED) is 0.371. The Balaban J connectivity index is 0.00000312. The molecule has 1 fully saturated rings. The zero-order valence-corrected chi connectivity index (χ0v) is 19.1. The van der Waals surface area contributed by atoms with Crippen LogP contribution in [0.1, 0.15) is 28.9 Å². The van der Waals surface area contributed by atoms with E-state index >= 15 is 0 Å². The van der Waals surface area contributed by atoms with Crippen molar-refractivity contribution in [3.05, 3.63) is 15.6 Å².